The molecule has 1 fully saturated rings. The lowest BCUT2D eigenvalue weighted by Crippen LogP contribution is -2.42. The SMILES string of the molecule is CSc1ccn(C2CCN(C(=O)C(C)C)CC2)c(=O)c1C#N. The summed E-state index contributed by atoms with van der Waals surface area (Å²) in [6.45, 7) is 5.14. The largest absolute Gasteiger partial charge is 0.342 e. The maximum atomic E-state index is 12.4. The lowest BCUT2D eigenvalue weighted by Gasteiger charge is -2.34. The highest BCUT2D eigenvalue weighted by Crippen LogP contribution is 2.24. The number of rotatable bonds is 3. The van der Waals surface area contributed by atoms with Crippen LogP contribution in [0.25, 0.3) is 0 Å². The Bertz CT molecular complexity index is 652. The van der Waals surface area contributed by atoms with E-state index in [0.717, 1.165) is 17.7 Å². The van der Waals surface area contributed by atoms with Crippen LogP contribution < -0.4 is 5.56 Å². The Kier molecular flexibility index (Phi) is 5.30. The van der Waals surface area contributed by atoms with E-state index < -0.39 is 0 Å². The van der Waals surface area contributed by atoms with E-state index in [0.29, 0.717) is 13.1 Å². The molecule has 22 heavy (non-hydrogen) atoms. The summed E-state index contributed by atoms with van der Waals surface area (Å²) in [7, 11) is 0. The summed E-state index contributed by atoms with van der Waals surface area (Å²) in [6.07, 6.45) is 5.14. The van der Waals surface area contributed by atoms with Crippen molar-refractivity contribution in [1.29, 1.82) is 5.26 Å². The van der Waals surface area contributed by atoms with Crippen LogP contribution in [0.3, 0.4) is 0 Å². The molecule has 0 spiro atoms. The second kappa shape index (κ2) is 7.01. The molecule has 118 valence electrons. The third kappa shape index (κ3) is 3.20. The highest BCUT2D eigenvalue weighted by atomic mass is 32.2. The van der Waals surface area contributed by atoms with Crippen molar-refractivity contribution in [3.8, 4) is 6.07 Å². The van der Waals surface area contributed by atoms with E-state index >= 15 is 0 Å². The number of pyridine rings is 1. The van der Waals surface area contributed by atoms with Crippen molar-refractivity contribution in [2.45, 2.75) is 37.6 Å². The number of nitriles is 1. The van der Waals surface area contributed by atoms with Crippen LogP contribution >= 0.6 is 11.8 Å². The summed E-state index contributed by atoms with van der Waals surface area (Å²) in [6, 6.07) is 3.91. The van der Waals surface area contributed by atoms with Crippen molar-refractivity contribution in [2.75, 3.05) is 19.3 Å². The van der Waals surface area contributed by atoms with E-state index in [9.17, 15) is 14.9 Å². The van der Waals surface area contributed by atoms with Gasteiger partial charge in [0, 0.05) is 36.1 Å². The molecule has 1 amide bonds. The first-order valence-corrected chi connectivity index (χ1v) is 8.70. The Labute approximate surface area is 134 Å². The third-order valence-corrected chi connectivity index (χ3v) is 4.86. The molecular formula is C16H21N3O2S. The van der Waals surface area contributed by atoms with Crippen LogP contribution in [0.15, 0.2) is 22.0 Å². The molecule has 0 atom stereocenters. The molecule has 1 aliphatic heterocycles. The van der Waals surface area contributed by atoms with Gasteiger partial charge >= 0.3 is 0 Å². The van der Waals surface area contributed by atoms with Gasteiger partial charge in [0.25, 0.3) is 5.56 Å². The van der Waals surface area contributed by atoms with Crippen molar-refractivity contribution in [1.82, 2.24) is 9.47 Å². The zero-order chi connectivity index (χ0) is 16.3. The van der Waals surface area contributed by atoms with Gasteiger partial charge in [0.1, 0.15) is 11.6 Å². The average molecular weight is 319 g/mol. The van der Waals surface area contributed by atoms with Gasteiger partial charge in [-0.05, 0) is 25.2 Å². The molecule has 0 unspecified atom stereocenters. The fourth-order valence-electron chi connectivity index (χ4n) is 2.82. The topological polar surface area (TPSA) is 66.1 Å². The zero-order valence-corrected chi connectivity index (χ0v) is 14.0. The minimum Gasteiger partial charge on any atom is -0.342 e. The normalized spacial score (nSPS) is 15.9. The van der Waals surface area contributed by atoms with Crippen LogP contribution in [0.4, 0.5) is 0 Å². The summed E-state index contributed by atoms with van der Waals surface area (Å²) in [5.41, 5.74) is -0.00123. The minimum absolute atomic E-state index is 0.00493. The quantitative estimate of drug-likeness (QED) is 0.802. The molecular weight excluding hydrogens is 298 g/mol. The smallest absolute Gasteiger partial charge is 0.269 e. The number of carbonyl (C=O) groups is 1. The Morgan fingerprint density at radius 3 is 2.55 bits per heavy atom. The number of hydrogen-bond acceptors (Lipinski definition) is 4. The van der Waals surface area contributed by atoms with E-state index in [1.165, 1.54) is 11.8 Å². The summed E-state index contributed by atoms with van der Waals surface area (Å²) in [4.78, 5) is 27.0. The number of thioether (sulfide) groups is 1. The number of piperidine rings is 1. The summed E-state index contributed by atoms with van der Waals surface area (Å²) in [5, 5.41) is 9.20. The first-order chi connectivity index (χ1) is 10.5. The van der Waals surface area contributed by atoms with Gasteiger partial charge in [-0.15, -0.1) is 11.8 Å². The van der Waals surface area contributed by atoms with E-state index in [-0.39, 0.29) is 29.0 Å². The standard InChI is InChI=1S/C16H21N3O2S/c1-11(2)15(20)18-7-4-12(5-8-18)19-9-6-14(22-3)13(10-17)16(19)21/h6,9,11-12H,4-5,7-8H2,1-3H3. The van der Waals surface area contributed by atoms with Gasteiger partial charge in [0.05, 0.1) is 0 Å². The van der Waals surface area contributed by atoms with Crippen LogP contribution in [0.1, 0.15) is 38.3 Å². The van der Waals surface area contributed by atoms with Crippen molar-refractivity contribution in [3.05, 3.63) is 28.2 Å². The van der Waals surface area contributed by atoms with Crippen molar-refractivity contribution >= 4 is 17.7 Å². The summed E-state index contributed by atoms with van der Waals surface area (Å²) in [5.74, 6) is 0.173. The first kappa shape index (κ1) is 16.6. The second-order valence-corrected chi connectivity index (χ2v) is 6.64. The molecule has 0 aliphatic carbocycles. The van der Waals surface area contributed by atoms with Gasteiger partial charge in [-0.2, -0.15) is 5.26 Å². The van der Waals surface area contributed by atoms with Crippen molar-refractivity contribution in [2.24, 2.45) is 5.92 Å². The lowest BCUT2D eigenvalue weighted by molar-refractivity contribution is -0.135. The molecule has 1 aromatic rings. The third-order valence-electron chi connectivity index (χ3n) is 4.08. The Hall–Kier alpha value is -1.74. The molecule has 2 heterocycles. The zero-order valence-electron chi connectivity index (χ0n) is 13.2. The fraction of sp³-hybridized carbons (Fsp3) is 0.562. The predicted octanol–water partition coefficient (Wildman–Crippen LogP) is 2.26. The van der Waals surface area contributed by atoms with Gasteiger partial charge in [0.2, 0.25) is 5.91 Å². The maximum absolute atomic E-state index is 12.4. The minimum atomic E-state index is -0.219. The molecule has 0 radical (unpaired) electrons. The number of aromatic nitrogens is 1. The molecule has 0 saturated carbocycles. The van der Waals surface area contributed by atoms with E-state index in [1.54, 1.807) is 10.8 Å². The van der Waals surface area contributed by atoms with E-state index in [4.69, 9.17) is 0 Å². The number of amides is 1. The molecule has 5 nitrogen and oxygen atoms in total. The van der Waals surface area contributed by atoms with Crippen LogP contribution in [0, 0.1) is 17.2 Å². The molecule has 0 N–H and O–H groups in total. The van der Waals surface area contributed by atoms with Gasteiger partial charge in [-0.1, -0.05) is 13.8 Å². The van der Waals surface area contributed by atoms with Gasteiger partial charge in [-0.25, -0.2) is 0 Å². The van der Waals surface area contributed by atoms with Crippen molar-refractivity contribution < 1.29 is 4.79 Å². The molecule has 6 heteroatoms. The van der Waals surface area contributed by atoms with E-state index in [2.05, 4.69) is 0 Å². The highest BCUT2D eigenvalue weighted by Gasteiger charge is 2.26. The summed E-state index contributed by atoms with van der Waals surface area (Å²) >= 11 is 1.41. The number of carbonyl (C=O) groups excluding carboxylic acids is 1. The maximum Gasteiger partial charge on any atom is 0.269 e. The monoisotopic (exact) mass is 319 g/mol. The summed E-state index contributed by atoms with van der Waals surface area (Å²) < 4.78 is 1.66. The molecule has 1 aromatic heterocycles. The lowest BCUT2D eigenvalue weighted by atomic mass is 10.0. The van der Waals surface area contributed by atoms with Crippen LogP contribution in [-0.2, 0) is 4.79 Å². The highest BCUT2D eigenvalue weighted by molar-refractivity contribution is 7.98. The molecule has 0 bridgehead atoms. The van der Waals surface area contributed by atoms with E-state index in [1.807, 2.05) is 37.1 Å². The molecule has 0 aromatic carbocycles. The number of nitrogens with zero attached hydrogens (tertiary/aromatic N) is 3. The van der Waals surface area contributed by atoms with Gasteiger partial charge in [-0.3, -0.25) is 9.59 Å². The Morgan fingerprint density at radius 2 is 2.05 bits per heavy atom. The fourth-order valence-corrected chi connectivity index (χ4v) is 3.36. The molecule has 1 aliphatic rings. The van der Waals surface area contributed by atoms with Gasteiger partial charge < -0.3 is 9.47 Å². The first-order valence-electron chi connectivity index (χ1n) is 7.47. The number of likely N-dealkylation sites (tertiary alicyclic amines) is 1. The van der Waals surface area contributed by atoms with Crippen LogP contribution in [0.2, 0.25) is 0 Å². The molecule has 1 saturated heterocycles. The molecule has 2 rings (SSSR count). The van der Waals surface area contributed by atoms with Gasteiger partial charge in [0.15, 0.2) is 0 Å². The number of hydrogen-bond donors (Lipinski definition) is 0. The predicted molar refractivity (Wildman–Crippen MR) is 86.9 cm³/mol. The second-order valence-electron chi connectivity index (χ2n) is 5.79. The average Bonchev–Trinajstić information content (AvgIpc) is 2.53. The van der Waals surface area contributed by atoms with Crippen LogP contribution in [0.5, 0.6) is 0 Å². The Morgan fingerprint density at radius 1 is 1.41 bits per heavy atom. The van der Waals surface area contributed by atoms with Crippen molar-refractivity contribution in [3.63, 3.8) is 0 Å². The van der Waals surface area contributed by atoms with Crippen LogP contribution in [-0.4, -0.2) is 34.7 Å². The Balaban J connectivity index is 2.18.